The fourth-order valence-electron chi connectivity index (χ4n) is 1.78. The van der Waals surface area contributed by atoms with Crippen molar-refractivity contribution in [1.29, 1.82) is 0 Å². The number of nitrogens with one attached hydrogen (secondary N) is 1. The van der Waals surface area contributed by atoms with E-state index in [0.29, 0.717) is 16.8 Å². The Morgan fingerprint density at radius 2 is 1.58 bits per heavy atom. The van der Waals surface area contributed by atoms with E-state index in [1.54, 1.807) is 36.5 Å². The Balaban J connectivity index is 2.35. The number of ether oxygens (including phenoxy) is 2. The summed E-state index contributed by atoms with van der Waals surface area (Å²) in [7, 11) is 2.66. The van der Waals surface area contributed by atoms with E-state index in [4.69, 9.17) is 4.74 Å². The zero-order valence-corrected chi connectivity index (χ0v) is 10.6. The summed E-state index contributed by atoms with van der Waals surface area (Å²) in [6, 6.07) is 8.41. The van der Waals surface area contributed by atoms with Gasteiger partial charge in [-0.2, -0.15) is 0 Å². The highest BCUT2D eigenvalue weighted by molar-refractivity contribution is 5.96. The van der Waals surface area contributed by atoms with E-state index in [1.807, 2.05) is 0 Å². The van der Waals surface area contributed by atoms with Crippen LogP contribution in [0.15, 0.2) is 36.5 Å². The van der Waals surface area contributed by atoms with Crippen molar-refractivity contribution in [2.75, 3.05) is 14.2 Å². The molecule has 0 unspecified atom stereocenters. The molecule has 1 aromatic heterocycles. The third-order valence-corrected chi connectivity index (χ3v) is 2.75. The zero-order chi connectivity index (χ0) is 13.8. The fourth-order valence-corrected chi connectivity index (χ4v) is 1.78. The first-order valence-electron chi connectivity index (χ1n) is 5.62. The molecule has 0 aliphatic carbocycles. The lowest BCUT2D eigenvalue weighted by Gasteiger charge is -2.04. The first-order chi connectivity index (χ1) is 9.17. The molecule has 0 atom stereocenters. The predicted octanol–water partition coefficient (Wildman–Crippen LogP) is 2.25. The predicted molar refractivity (Wildman–Crippen MR) is 68.9 cm³/mol. The molecule has 0 aliphatic rings. The Hall–Kier alpha value is -2.56. The molecule has 0 spiro atoms. The van der Waals surface area contributed by atoms with Crippen LogP contribution in [0.4, 0.5) is 0 Å². The van der Waals surface area contributed by atoms with Gasteiger partial charge in [0.1, 0.15) is 0 Å². The summed E-state index contributed by atoms with van der Waals surface area (Å²) in [5.41, 5.74) is 2.35. The zero-order valence-electron chi connectivity index (χ0n) is 10.6. The number of rotatable bonds is 3. The van der Waals surface area contributed by atoms with Crippen LogP contribution >= 0.6 is 0 Å². The summed E-state index contributed by atoms with van der Waals surface area (Å²) < 4.78 is 9.33. The van der Waals surface area contributed by atoms with Crippen molar-refractivity contribution in [3.8, 4) is 11.3 Å². The minimum atomic E-state index is -0.409. The number of methoxy groups -OCH3 is 2. The summed E-state index contributed by atoms with van der Waals surface area (Å²) >= 11 is 0. The number of esters is 2. The Bertz CT molecular complexity index is 598. The number of benzene rings is 1. The molecule has 2 aromatic rings. The number of H-pyrrole nitrogens is 1. The molecule has 0 bridgehead atoms. The normalized spacial score (nSPS) is 10.0. The van der Waals surface area contributed by atoms with E-state index < -0.39 is 11.9 Å². The summed E-state index contributed by atoms with van der Waals surface area (Å²) in [6.07, 6.45) is 1.66. The maximum absolute atomic E-state index is 11.6. The molecule has 0 saturated heterocycles. The monoisotopic (exact) mass is 259 g/mol. The lowest BCUT2D eigenvalue weighted by molar-refractivity contribution is 0.0592. The Labute approximate surface area is 110 Å². The smallest absolute Gasteiger partial charge is 0.340 e. The number of hydrogen-bond donors (Lipinski definition) is 1. The number of aromatic nitrogens is 1. The van der Waals surface area contributed by atoms with E-state index in [9.17, 15) is 9.59 Å². The highest BCUT2D eigenvalue weighted by atomic mass is 16.5. The van der Waals surface area contributed by atoms with Crippen molar-refractivity contribution in [2.45, 2.75) is 0 Å². The van der Waals surface area contributed by atoms with E-state index in [0.717, 1.165) is 5.56 Å². The molecular weight excluding hydrogens is 246 g/mol. The van der Waals surface area contributed by atoms with Crippen LogP contribution in [0.25, 0.3) is 11.3 Å². The fraction of sp³-hybridized carbons (Fsp3) is 0.143. The molecule has 0 amide bonds. The number of aromatic amines is 1. The first-order valence-corrected chi connectivity index (χ1v) is 5.62. The molecule has 0 radical (unpaired) electrons. The topological polar surface area (TPSA) is 68.4 Å². The number of carbonyl (C=O) groups excluding carboxylic acids is 2. The Kier molecular flexibility index (Phi) is 3.66. The third-order valence-electron chi connectivity index (χ3n) is 2.75. The highest BCUT2D eigenvalue weighted by Crippen LogP contribution is 2.23. The quantitative estimate of drug-likeness (QED) is 0.858. The van der Waals surface area contributed by atoms with Crippen LogP contribution in [0.3, 0.4) is 0 Å². The molecule has 5 nitrogen and oxygen atoms in total. The summed E-state index contributed by atoms with van der Waals surface area (Å²) in [5, 5.41) is 0. The second kappa shape index (κ2) is 5.39. The van der Waals surface area contributed by atoms with Gasteiger partial charge in [-0.25, -0.2) is 9.59 Å². The van der Waals surface area contributed by atoms with Crippen molar-refractivity contribution in [1.82, 2.24) is 4.98 Å². The van der Waals surface area contributed by atoms with Crippen molar-refractivity contribution < 1.29 is 19.1 Å². The lowest BCUT2D eigenvalue weighted by Crippen LogP contribution is -2.02. The van der Waals surface area contributed by atoms with E-state index in [1.165, 1.54) is 14.2 Å². The van der Waals surface area contributed by atoms with Crippen LogP contribution in [0.1, 0.15) is 20.7 Å². The molecule has 1 heterocycles. The van der Waals surface area contributed by atoms with Gasteiger partial charge in [0.05, 0.1) is 31.0 Å². The molecule has 0 saturated carbocycles. The van der Waals surface area contributed by atoms with Gasteiger partial charge in [0.15, 0.2) is 0 Å². The maximum atomic E-state index is 11.6. The van der Waals surface area contributed by atoms with Gasteiger partial charge in [-0.1, -0.05) is 12.1 Å². The Morgan fingerprint density at radius 1 is 0.947 bits per heavy atom. The largest absolute Gasteiger partial charge is 0.465 e. The molecule has 0 fully saturated rings. The van der Waals surface area contributed by atoms with Crippen LogP contribution < -0.4 is 0 Å². The van der Waals surface area contributed by atoms with E-state index in [-0.39, 0.29) is 0 Å². The summed E-state index contributed by atoms with van der Waals surface area (Å²) in [6.45, 7) is 0. The SMILES string of the molecule is COC(=O)c1ccc(-c2[nH]ccc2C(=O)OC)cc1. The first kappa shape index (κ1) is 12.9. The van der Waals surface area contributed by atoms with Gasteiger partial charge in [0.25, 0.3) is 0 Å². The average Bonchev–Trinajstić information content (AvgIpc) is 2.95. The van der Waals surface area contributed by atoms with Crippen LogP contribution in [-0.4, -0.2) is 31.1 Å². The van der Waals surface area contributed by atoms with Gasteiger partial charge in [0, 0.05) is 6.20 Å². The summed E-state index contributed by atoms with van der Waals surface area (Å²) in [4.78, 5) is 25.9. The lowest BCUT2D eigenvalue weighted by atomic mass is 10.1. The summed E-state index contributed by atoms with van der Waals surface area (Å²) in [5.74, 6) is -0.806. The molecule has 5 heteroatoms. The van der Waals surface area contributed by atoms with Crippen molar-refractivity contribution in [3.05, 3.63) is 47.7 Å². The standard InChI is InChI=1S/C14H13NO4/c1-18-13(16)10-5-3-9(4-6-10)12-11(7-8-15-12)14(17)19-2/h3-8,15H,1-2H3. The van der Waals surface area contributed by atoms with Crippen LogP contribution in [0, 0.1) is 0 Å². The van der Waals surface area contributed by atoms with E-state index >= 15 is 0 Å². The molecule has 98 valence electrons. The second-order valence-corrected chi connectivity index (χ2v) is 3.83. The van der Waals surface area contributed by atoms with Crippen molar-refractivity contribution in [3.63, 3.8) is 0 Å². The van der Waals surface area contributed by atoms with Gasteiger partial charge < -0.3 is 14.5 Å². The molecule has 2 rings (SSSR count). The van der Waals surface area contributed by atoms with Gasteiger partial charge in [-0.3, -0.25) is 0 Å². The molecule has 0 aliphatic heterocycles. The second-order valence-electron chi connectivity index (χ2n) is 3.83. The van der Waals surface area contributed by atoms with Crippen molar-refractivity contribution >= 4 is 11.9 Å². The van der Waals surface area contributed by atoms with Gasteiger partial charge >= 0.3 is 11.9 Å². The number of carbonyl (C=O) groups is 2. The molecule has 1 N–H and O–H groups in total. The van der Waals surface area contributed by atoms with Crippen molar-refractivity contribution in [2.24, 2.45) is 0 Å². The molecular formula is C14H13NO4. The minimum Gasteiger partial charge on any atom is -0.465 e. The Morgan fingerprint density at radius 3 is 2.16 bits per heavy atom. The van der Waals surface area contributed by atoms with Gasteiger partial charge in [-0.05, 0) is 23.8 Å². The highest BCUT2D eigenvalue weighted by Gasteiger charge is 2.14. The minimum absolute atomic E-state index is 0.397. The van der Waals surface area contributed by atoms with Crippen LogP contribution in [0.2, 0.25) is 0 Å². The average molecular weight is 259 g/mol. The van der Waals surface area contributed by atoms with Gasteiger partial charge in [-0.15, -0.1) is 0 Å². The van der Waals surface area contributed by atoms with Gasteiger partial charge in [0.2, 0.25) is 0 Å². The molecule has 19 heavy (non-hydrogen) atoms. The van der Waals surface area contributed by atoms with Crippen LogP contribution in [0.5, 0.6) is 0 Å². The van der Waals surface area contributed by atoms with E-state index in [2.05, 4.69) is 9.72 Å². The third kappa shape index (κ3) is 2.49. The maximum Gasteiger partial charge on any atom is 0.340 e. The van der Waals surface area contributed by atoms with Crippen LogP contribution in [-0.2, 0) is 9.47 Å². The number of hydrogen-bond acceptors (Lipinski definition) is 4. The molecule has 1 aromatic carbocycles.